The topological polar surface area (TPSA) is 79.2 Å². The molecule has 0 atom stereocenters. The van der Waals surface area contributed by atoms with Crippen molar-refractivity contribution in [3.63, 3.8) is 0 Å². The average molecular weight is 527 g/mol. The third kappa shape index (κ3) is 5.88. The summed E-state index contributed by atoms with van der Waals surface area (Å²) in [5.41, 5.74) is 2.28. The minimum absolute atomic E-state index is 0.158. The van der Waals surface area contributed by atoms with E-state index in [1.54, 1.807) is 35.2 Å². The number of hydrogen-bond acceptors (Lipinski definition) is 5. The number of amides is 1. The van der Waals surface area contributed by atoms with Crippen molar-refractivity contribution in [1.29, 1.82) is 0 Å². The van der Waals surface area contributed by atoms with Crippen LogP contribution in [-0.2, 0) is 11.4 Å². The Hall–Kier alpha value is -3.26. The van der Waals surface area contributed by atoms with E-state index in [0.29, 0.717) is 38.1 Å². The lowest BCUT2D eigenvalue weighted by Crippen LogP contribution is -2.28. The Kier molecular flexibility index (Phi) is 7.80. The van der Waals surface area contributed by atoms with Crippen LogP contribution in [0.3, 0.4) is 0 Å². The molecule has 0 spiro atoms. The lowest BCUT2D eigenvalue weighted by atomic mass is 10.1. The van der Waals surface area contributed by atoms with E-state index in [0.717, 1.165) is 11.1 Å². The van der Waals surface area contributed by atoms with Crippen LogP contribution in [0.15, 0.2) is 76.6 Å². The molecule has 3 aromatic rings. The van der Waals surface area contributed by atoms with Crippen LogP contribution in [0.4, 0.5) is 5.69 Å². The van der Waals surface area contributed by atoms with Crippen molar-refractivity contribution in [2.24, 2.45) is 4.99 Å². The van der Waals surface area contributed by atoms with Crippen LogP contribution in [0.2, 0.25) is 10.0 Å². The van der Waals surface area contributed by atoms with Gasteiger partial charge in [-0.3, -0.25) is 9.69 Å². The second kappa shape index (κ2) is 11.0. The summed E-state index contributed by atoms with van der Waals surface area (Å²) < 4.78 is 6.01. The highest BCUT2D eigenvalue weighted by Gasteiger charge is 2.32. The number of carboxylic acid groups (broad SMARTS) is 1. The molecule has 9 heteroatoms. The largest absolute Gasteiger partial charge is 0.488 e. The van der Waals surface area contributed by atoms with Gasteiger partial charge in [-0.05, 0) is 67.2 Å². The number of halogens is 2. The maximum absolute atomic E-state index is 13.1. The number of carbonyl (C=O) groups is 2. The van der Waals surface area contributed by atoms with E-state index in [-0.39, 0.29) is 18.1 Å². The van der Waals surface area contributed by atoms with E-state index in [1.165, 1.54) is 23.9 Å². The zero-order valence-corrected chi connectivity index (χ0v) is 20.9. The monoisotopic (exact) mass is 526 g/mol. The molecule has 3 aromatic carbocycles. The van der Waals surface area contributed by atoms with Gasteiger partial charge in [-0.15, -0.1) is 0 Å². The summed E-state index contributed by atoms with van der Waals surface area (Å²) in [6, 6.07) is 18.9. The Balaban J connectivity index is 1.57. The summed E-state index contributed by atoms with van der Waals surface area (Å²) in [5, 5.41) is 10.7. The van der Waals surface area contributed by atoms with Gasteiger partial charge in [0.05, 0.1) is 16.2 Å². The number of nitrogens with zero attached hydrogens (tertiary/aromatic N) is 2. The quantitative estimate of drug-likeness (QED) is 0.339. The summed E-state index contributed by atoms with van der Waals surface area (Å²) in [6.45, 7) is 2.57. The fraction of sp³-hybridized carbons (Fsp3) is 0.115. The minimum Gasteiger partial charge on any atom is -0.488 e. The Morgan fingerprint density at radius 1 is 1.11 bits per heavy atom. The molecule has 1 aliphatic heterocycles. The van der Waals surface area contributed by atoms with Crippen molar-refractivity contribution in [2.45, 2.75) is 13.5 Å². The second-order valence-electron chi connectivity index (χ2n) is 7.47. The number of carbonyl (C=O) groups excluding carboxylic acids is 1. The maximum atomic E-state index is 13.1. The first-order chi connectivity index (χ1) is 16.9. The Labute approximate surface area is 216 Å². The van der Waals surface area contributed by atoms with Crippen molar-refractivity contribution < 1.29 is 19.4 Å². The number of thioether (sulfide) groups is 1. The van der Waals surface area contributed by atoms with Crippen LogP contribution in [0.25, 0.3) is 6.08 Å². The molecule has 0 saturated carbocycles. The molecule has 0 aromatic heterocycles. The SMILES string of the molecule is CCN1C(=O)/C(=C/c2ccccc2OCc2ccc(Cl)cc2Cl)SC1=Nc1ccc(C(=O)O)cc1. The molecule has 1 amide bonds. The smallest absolute Gasteiger partial charge is 0.335 e. The van der Waals surface area contributed by atoms with Crippen LogP contribution >= 0.6 is 35.0 Å². The molecule has 1 aliphatic rings. The van der Waals surface area contributed by atoms with E-state index in [9.17, 15) is 9.59 Å². The van der Waals surface area contributed by atoms with Crippen LogP contribution < -0.4 is 4.74 Å². The zero-order chi connectivity index (χ0) is 24.9. The van der Waals surface area contributed by atoms with Crippen LogP contribution in [0, 0.1) is 0 Å². The Bertz CT molecular complexity index is 1340. The van der Waals surface area contributed by atoms with Crippen molar-refractivity contribution >= 4 is 63.8 Å². The Morgan fingerprint density at radius 2 is 1.86 bits per heavy atom. The molecule has 1 fully saturated rings. The summed E-state index contributed by atoms with van der Waals surface area (Å²) >= 11 is 13.5. The minimum atomic E-state index is -1.01. The lowest BCUT2D eigenvalue weighted by Gasteiger charge is -2.12. The summed E-state index contributed by atoms with van der Waals surface area (Å²) in [7, 11) is 0. The van der Waals surface area contributed by atoms with Gasteiger partial charge < -0.3 is 9.84 Å². The second-order valence-corrected chi connectivity index (χ2v) is 9.32. The fourth-order valence-corrected chi connectivity index (χ4v) is 4.84. The highest BCUT2D eigenvalue weighted by molar-refractivity contribution is 8.18. The van der Waals surface area contributed by atoms with Crippen LogP contribution in [0.1, 0.15) is 28.4 Å². The van der Waals surface area contributed by atoms with E-state index in [4.69, 9.17) is 33.0 Å². The first-order valence-electron chi connectivity index (χ1n) is 10.6. The highest BCUT2D eigenvalue weighted by Crippen LogP contribution is 2.35. The number of benzene rings is 3. The van der Waals surface area contributed by atoms with Gasteiger partial charge in [0.25, 0.3) is 5.91 Å². The lowest BCUT2D eigenvalue weighted by molar-refractivity contribution is -0.122. The highest BCUT2D eigenvalue weighted by atomic mass is 35.5. The van der Waals surface area contributed by atoms with Gasteiger partial charge in [0.15, 0.2) is 5.17 Å². The molecule has 178 valence electrons. The average Bonchev–Trinajstić information content (AvgIpc) is 3.13. The van der Waals surface area contributed by atoms with Crippen molar-refractivity contribution in [3.05, 3.63) is 98.4 Å². The van der Waals surface area contributed by atoms with Gasteiger partial charge >= 0.3 is 5.97 Å². The molecular weight excluding hydrogens is 507 g/mol. The van der Waals surface area contributed by atoms with Gasteiger partial charge in [0.2, 0.25) is 0 Å². The number of aliphatic imine (C=N–C) groups is 1. The molecule has 1 heterocycles. The number of ether oxygens (including phenoxy) is 1. The zero-order valence-electron chi connectivity index (χ0n) is 18.6. The number of para-hydroxylation sites is 1. The number of likely N-dealkylation sites (N-methyl/N-ethyl adjacent to an activating group) is 1. The van der Waals surface area contributed by atoms with Gasteiger partial charge in [0, 0.05) is 27.7 Å². The molecule has 4 rings (SSSR count). The molecule has 1 N–H and O–H groups in total. The molecular formula is C26H20Cl2N2O4S. The first kappa shape index (κ1) is 24.9. The van der Waals surface area contributed by atoms with Gasteiger partial charge in [-0.1, -0.05) is 47.5 Å². The van der Waals surface area contributed by atoms with Crippen molar-refractivity contribution in [3.8, 4) is 5.75 Å². The predicted octanol–water partition coefficient (Wildman–Crippen LogP) is 6.89. The summed E-state index contributed by atoms with van der Waals surface area (Å²) in [6.07, 6.45) is 1.78. The van der Waals surface area contributed by atoms with Crippen LogP contribution in [-0.4, -0.2) is 33.6 Å². The molecule has 0 aliphatic carbocycles. The van der Waals surface area contributed by atoms with E-state index in [2.05, 4.69) is 4.99 Å². The van der Waals surface area contributed by atoms with Gasteiger partial charge in [-0.25, -0.2) is 9.79 Å². The predicted molar refractivity (Wildman–Crippen MR) is 141 cm³/mol. The standard InChI is InChI=1S/C26H20Cl2N2O4S/c1-2-30-24(31)23(35-26(30)29-20-11-8-16(9-12-20)25(32)33)13-17-5-3-4-6-22(17)34-15-18-7-10-19(27)14-21(18)28/h3-14H,2,15H2,1H3,(H,32,33)/b23-13-,29-26?. The third-order valence-corrected chi connectivity index (χ3v) is 6.74. The molecule has 6 nitrogen and oxygen atoms in total. The molecule has 0 bridgehead atoms. The first-order valence-corrected chi connectivity index (χ1v) is 12.2. The van der Waals surface area contributed by atoms with Crippen molar-refractivity contribution in [1.82, 2.24) is 4.90 Å². The summed E-state index contributed by atoms with van der Waals surface area (Å²) in [5.74, 6) is -0.555. The molecule has 1 saturated heterocycles. The molecule has 35 heavy (non-hydrogen) atoms. The van der Waals surface area contributed by atoms with Crippen molar-refractivity contribution in [2.75, 3.05) is 6.54 Å². The third-order valence-electron chi connectivity index (χ3n) is 5.15. The fourth-order valence-electron chi connectivity index (χ4n) is 3.33. The number of carboxylic acids is 1. The number of aromatic carboxylic acids is 1. The number of amidine groups is 1. The van der Waals surface area contributed by atoms with Gasteiger partial charge in [0.1, 0.15) is 12.4 Å². The summed E-state index contributed by atoms with van der Waals surface area (Å²) in [4.78, 5) is 30.8. The van der Waals surface area contributed by atoms with E-state index in [1.807, 2.05) is 37.3 Å². The van der Waals surface area contributed by atoms with Crippen LogP contribution in [0.5, 0.6) is 5.75 Å². The van der Waals surface area contributed by atoms with E-state index < -0.39 is 5.97 Å². The Morgan fingerprint density at radius 3 is 2.54 bits per heavy atom. The normalized spacial score (nSPS) is 15.7. The molecule has 0 radical (unpaired) electrons. The van der Waals surface area contributed by atoms with E-state index >= 15 is 0 Å². The maximum Gasteiger partial charge on any atom is 0.335 e. The van der Waals surface area contributed by atoms with Gasteiger partial charge in [-0.2, -0.15) is 0 Å². The number of rotatable bonds is 7. The molecule has 0 unspecified atom stereocenters. The number of hydrogen-bond donors (Lipinski definition) is 1.